The molecule has 0 saturated heterocycles. The van der Waals surface area contributed by atoms with Crippen LogP contribution in [0, 0.1) is 0 Å². The van der Waals surface area contributed by atoms with E-state index in [4.69, 9.17) is 11.6 Å². The zero-order valence-electron chi connectivity index (χ0n) is 11.5. The molecule has 22 heavy (non-hydrogen) atoms. The molecule has 1 aromatic carbocycles. The molecule has 0 radical (unpaired) electrons. The molecule has 5 nitrogen and oxygen atoms in total. The molecule has 3 aromatic rings. The monoisotopic (exact) mass is 332 g/mol. The molecule has 0 bridgehead atoms. The van der Waals surface area contributed by atoms with Crippen molar-refractivity contribution in [1.82, 2.24) is 20.3 Å². The van der Waals surface area contributed by atoms with E-state index in [-0.39, 0.29) is 18.5 Å². The fraction of sp³-hybridized carbons (Fsp3) is 0.133. The Morgan fingerprint density at radius 2 is 2.14 bits per heavy atom. The molecule has 0 saturated carbocycles. The third kappa shape index (κ3) is 3.52. The molecule has 0 aliphatic rings. The minimum absolute atomic E-state index is 0.126. The van der Waals surface area contributed by atoms with Crippen LogP contribution in [0.5, 0.6) is 0 Å². The van der Waals surface area contributed by atoms with Gasteiger partial charge in [0.15, 0.2) is 0 Å². The minimum Gasteiger partial charge on any atom is -0.343 e. The first kappa shape index (κ1) is 14.7. The number of aromatic nitrogens is 3. The van der Waals surface area contributed by atoms with Gasteiger partial charge in [0, 0.05) is 16.1 Å². The van der Waals surface area contributed by atoms with E-state index in [9.17, 15) is 4.79 Å². The number of thiophene rings is 1. The van der Waals surface area contributed by atoms with Crippen molar-refractivity contribution in [3.8, 4) is 0 Å². The van der Waals surface area contributed by atoms with Crippen LogP contribution < -0.4 is 5.32 Å². The topological polar surface area (TPSA) is 59.8 Å². The summed E-state index contributed by atoms with van der Waals surface area (Å²) in [6.45, 7) is 0.134. The molecule has 0 aliphatic heterocycles. The van der Waals surface area contributed by atoms with E-state index < -0.39 is 0 Å². The quantitative estimate of drug-likeness (QED) is 0.781. The summed E-state index contributed by atoms with van der Waals surface area (Å²) >= 11 is 7.54. The zero-order chi connectivity index (χ0) is 15.4. The second-order valence-corrected chi connectivity index (χ2v) is 6.08. The molecular weight excluding hydrogens is 320 g/mol. The predicted molar refractivity (Wildman–Crippen MR) is 85.8 cm³/mol. The Labute approximate surface area is 136 Å². The first-order valence-corrected chi connectivity index (χ1v) is 7.90. The van der Waals surface area contributed by atoms with Crippen molar-refractivity contribution in [2.75, 3.05) is 0 Å². The summed E-state index contributed by atoms with van der Waals surface area (Å²) in [7, 11) is 0. The van der Waals surface area contributed by atoms with Gasteiger partial charge in [-0.15, -0.1) is 16.4 Å². The van der Waals surface area contributed by atoms with Crippen LogP contribution in [0.1, 0.15) is 16.5 Å². The summed E-state index contributed by atoms with van der Waals surface area (Å²) in [6, 6.07) is 11.2. The van der Waals surface area contributed by atoms with Crippen LogP contribution >= 0.6 is 22.9 Å². The number of hydrogen-bond donors (Lipinski definition) is 1. The Morgan fingerprint density at radius 3 is 2.77 bits per heavy atom. The van der Waals surface area contributed by atoms with Crippen molar-refractivity contribution in [3.63, 3.8) is 0 Å². The molecule has 2 heterocycles. The van der Waals surface area contributed by atoms with E-state index in [1.165, 1.54) is 4.68 Å². The molecule has 0 aliphatic carbocycles. The number of rotatable bonds is 5. The van der Waals surface area contributed by atoms with Crippen LogP contribution in [0.4, 0.5) is 0 Å². The second kappa shape index (κ2) is 6.72. The Hall–Kier alpha value is -2.18. The SMILES string of the molecule is O=C(Cn1ccnn1)NC(c1ccc(Cl)cc1)c1cccs1. The lowest BCUT2D eigenvalue weighted by Gasteiger charge is -2.18. The van der Waals surface area contributed by atoms with Crippen LogP contribution in [-0.4, -0.2) is 20.9 Å². The predicted octanol–water partition coefficient (Wildman–Crippen LogP) is 2.90. The number of amides is 1. The van der Waals surface area contributed by atoms with Gasteiger partial charge in [-0.25, -0.2) is 4.68 Å². The lowest BCUT2D eigenvalue weighted by Crippen LogP contribution is -2.32. The van der Waals surface area contributed by atoms with Gasteiger partial charge in [-0.3, -0.25) is 4.79 Å². The summed E-state index contributed by atoms with van der Waals surface area (Å²) in [5.74, 6) is -0.126. The number of benzene rings is 1. The van der Waals surface area contributed by atoms with E-state index in [2.05, 4.69) is 15.6 Å². The number of nitrogens with zero attached hydrogens (tertiary/aromatic N) is 3. The van der Waals surface area contributed by atoms with Gasteiger partial charge < -0.3 is 5.32 Å². The van der Waals surface area contributed by atoms with E-state index >= 15 is 0 Å². The van der Waals surface area contributed by atoms with Crippen molar-refractivity contribution < 1.29 is 4.79 Å². The number of carbonyl (C=O) groups excluding carboxylic acids is 1. The molecule has 0 fully saturated rings. The summed E-state index contributed by atoms with van der Waals surface area (Å²) in [6.07, 6.45) is 3.20. The smallest absolute Gasteiger partial charge is 0.242 e. The van der Waals surface area contributed by atoms with Gasteiger partial charge in [-0.05, 0) is 29.1 Å². The normalized spacial score (nSPS) is 12.0. The fourth-order valence-corrected chi connectivity index (χ4v) is 3.03. The highest BCUT2D eigenvalue weighted by atomic mass is 35.5. The minimum atomic E-state index is -0.201. The van der Waals surface area contributed by atoms with Gasteiger partial charge in [0.25, 0.3) is 0 Å². The van der Waals surface area contributed by atoms with Crippen molar-refractivity contribution in [2.45, 2.75) is 12.6 Å². The standard InChI is InChI=1S/C15H13ClN4OS/c16-12-5-3-11(4-6-12)15(13-2-1-9-22-13)18-14(21)10-20-8-7-17-19-20/h1-9,15H,10H2,(H,18,21). The van der Waals surface area contributed by atoms with Crippen LogP contribution in [0.2, 0.25) is 5.02 Å². The molecule has 7 heteroatoms. The van der Waals surface area contributed by atoms with Gasteiger partial charge in [-0.1, -0.05) is 35.0 Å². The molecule has 1 amide bonds. The third-order valence-corrected chi connectivity index (χ3v) is 4.30. The first-order chi connectivity index (χ1) is 10.7. The van der Waals surface area contributed by atoms with Crippen LogP contribution in [0.3, 0.4) is 0 Å². The molecule has 1 N–H and O–H groups in total. The lowest BCUT2D eigenvalue weighted by atomic mass is 10.1. The van der Waals surface area contributed by atoms with Crippen LogP contribution in [0.15, 0.2) is 54.2 Å². The van der Waals surface area contributed by atoms with Crippen LogP contribution in [0.25, 0.3) is 0 Å². The average Bonchev–Trinajstić information content (AvgIpc) is 3.19. The Kier molecular flexibility index (Phi) is 4.50. The molecule has 3 rings (SSSR count). The molecular formula is C15H13ClN4OS. The summed E-state index contributed by atoms with van der Waals surface area (Å²) in [5, 5.41) is 13.2. The molecule has 1 atom stereocenters. The van der Waals surface area contributed by atoms with Crippen molar-refractivity contribution in [2.24, 2.45) is 0 Å². The molecule has 0 spiro atoms. The molecule has 1 unspecified atom stereocenters. The van der Waals surface area contributed by atoms with E-state index in [1.54, 1.807) is 23.7 Å². The van der Waals surface area contributed by atoms with Gasteiger partial charge in [-0.2, -0.15) is 0 Å². The van der Waals surface area contributed by atoms with E-state index in [0.717, 1.165) is 10.4 Å². The highest BCUT2D eigenvalue weighted by Crippen LogP contribution is 2.27. The Morgan fingerprint density at radius 1 is 1.32 bits per heavy atom. The third-order valence-electron chi connectivity index (χ3n) is 3.11. The van der Waals surface area contributed by atoms with E-state index in [1.807, 2.05) is 41.8 Å². The largest absolute Gasteiger partial charge is 0.343 e. The summed E-state index contributed by atoms with van der Waals surface area (Å²) in [5.41, 5.74) is 0.985. The van der Waals surface area contributed by atoms with Gasteiger partial charge >= 0.3 is 0 Å². The van der Waals surface area contributed by atoms with Gasteiger partial charge in [0.05, 0.1) is 12.2 Å². The number of halogens is 1. The maximum atomic E-state index is 12.2. The summed E-state index contributed by atoms with van der Waals surface area (Å²) in [4.78, 5) is 13.3. The number of carbonyl (C=O) groups is 1. The summed E-state index contributed by atoms with van der Waals surface area (Å²) < 4.78 is 1.49. The van der Waals surface area contributed by atoms with Gasteiger partial charge in [0.2, 0.25) is 5.91 Å². The van der Waals surface area contributed by atoms with Crippen molar-refractivity contribution in [3.05, 3.63) is 69.6 Å². The second-order valence-electron chi connectivity index (χ2n) is 4.67. The van der Waals surface area contributed by atoms with Crippen molar-refractivity contribution in [1.29, 1.82) is 0 Å². The molecule has 112 valence electrons. The zero-order valence-corrected chi connectivity index (χ0v) is 13.1. The number of nitrogens with one attached hydrogen (secondary N) is 1. The Bertz CT molecular complexity index is 726. The molecule has 2 aromatic heterocycles. The highest BCUT2D eigenvalue weighted by molar-refractivity contribution is 7.10. The fourth-order valence-electron chi connectivity index (χ4n) is 2.10. The average molecular weight is 333 g/mol. The van der Waals surface area contributed by atoms with Crippen LogP contribution in [-0.2, 0) is 11.3 Å². The Balaban J connectivity index is 1.80. The maximum absolute atomic E-state index is 12.2. The lowest BCUT2D eigenvalue weighted by molar-refractivity contribution is -0.122. The maximum Gasteiger partial charge on any atom is 0.242 e. The van der Waals surface area contributed by atoms with E-state index in [0.29, 0.717) is 5.02 Å². The highest BCUT2D eigenvalue weighted by Gasteiger charge is 2.18. The first-order valence-electron chi connectivity index (χ1n) is 6.65. The van der Waals surface area contributed by atoms with Crippen molar-refractivity contribution >= 4 is 28.8 Å². The van der Waals surface area contributed by atoms with Gasteiger partial charge in [0.1, 0.15) is 6.54 Å². The number of hydrogen-bond acceptors (Lipinski definition) is 4.